The highest BCUT2D eigenvalue weighted by atomic mass is 35.5. The van der Waals surface area contributed by atoms with Crippen molar-refractivity contribution in [2.24, 2.45) is 0 Å². The van der Waals surface area contributed by atoms with E-state index < -0.39 is 10.3 Å². The van der Waals surface area contributed by atoms with E-state index in [-0.39, 0.29) is 18.5 Å². The van der Waals surface area contributed by atoms with Crippen molar-refractivity contribution < 1.29 is 9.53 Å². The van der Waals surface area contributed by atoms with Crippen molar-refractivity contribution in [1.29, 1.82) is 0 Å². The number of hydrogen-bond acceptors (Lipinski definition) is 3. The van der Waals surface area contributed by atoms with Gasteiger partial charge in [-0.1, -0.05) is 53.5 Å². The lowest BCUT2D eigenvalue weighted by Gasteiger charge is -2.23. The van der Waals surface area contributed by atoms with Crippen molar-refractivity contribution in [2.45, 2.75) is 17.4 Å². The molecule has 0 aliphatic rings. The number of nitrogens with zero attached hydrogens (tertiary/aromatic N) is 1. The molecule has 0 saturated carbocycles. The Morgan fingerprint density at radius 1 is 1.32 bits per heavy atom. The SMILES string of the molecule is CC(CN(C)C)OC(=O)C(Cl)(Cl)c1ccccc1.Cl. The summed E-state index contributed by atoms with van der Waals surface area (Å²) in [7, 11) is 3.80. The van der Waals surface area contributed by atoms with Crippen LogP contribution in [0.1, 0.15) is 12.5 Å². The van der Waals surface area contributed by atoms with Crippen molar-refractivity contribution in [1.82, 2.24) is 4.90 Å². The van der Waals surface area contributed by atoms with Crippen LogP contribution in [-0.2, 0) is 13.9 Å². The number of ether oxygens (including phenoxy) is 1. The van der Waals surface area contributed by atoms with Crippen molar-refractivity contribution in [3.05, 3.63) is 35.9 Å². The molecule has 0 aromatic heterocycles. The lowest BCUT2D eigenvalue weighted by Crippen LogP contribution is -2.33. The Kier molecular flexibility index (Phi) is 7.75. The molecule has 1 aromatic rings. The molecule has 0 heterocycles. The van der Waals surface area contributed by atoms with Gasteiger partial charge in [-0.3, -0.25) is 0 Å². The number of likely N-dealkylation sites (N-methyl/N-ethyl adjacent to an activating group) is 1. The van der Waals surface area contributed by atoms with Gasteiger partial charge in [-0.25, -0.2) is 4.79 Å². The van der Waals surface area contributed by atoms with Crippen LogP contribution in [0.4, 0.5) is 0 Å². The predicted molar refractivity (Wildman–Crippen MR) is 81.2 cm³/mol. The Balaban J connectivity index is 0.00000324. The summed E-state index contributed by atoms with van der Waals surface area (Å²) in [4.78, 5) is 13.9. The molecule has 0 amide bonds. The molecule has 6 heteroatoms. The number of rotatable bonds is 5. The van der Waals surface area contributed by atoms with Crippen molar-refractivity contribution >= 4 is 41.6 Å². The van der Waals surface area contributed by atoms with Crippen molar-refractivity contribution in [3.63, 3.8) is 0 Å². The van der Waals surface area contributed by atoms with Crippen LogP contribution in [-0.4, -0.2) is 37.6 Å². The van der Waals surface area contributed by atoms with E-state index in [4.69, 9.17) is 27.9 Å². The molecule has 0 spiro atoms. The summed E-state index contributed by atoms with van der Waals surface area (Å²) < 4.78 is 3.57. The van der Waals surface area contributed by atoms with Crippen LogP contribution < -0.4 is 0 Å². The summed E-state index contributed by atoms with van der Waals surface area (Å²) in [5.41, 5.74) is 0.510. The molecule has 1 rings (SSSR count). The van der Waals surface area contributed by atoms with Gasteiger partial charge in [0, 0.05) is 6.54 Å². The molecule has 0 radical (unpaired) electrons. The van der Waals surface area contributed by atoms with E-state index in [2.05, 4.69) is 0 Å². The maximum absolute atomic E-state index is 12.0. The molecule has 3 nitrogen and oxygen atoms in total. The number of hydrogen-bond donors (Lipinski definition) is 0. The van der Waals surface area contributed by atoms with Gasteiger partial charge in [0.2, 0.25) is 4.33 Å². The Hall–Kier alpha value is -0.480. The molecule has 0 saturated heterocycles. The summed E-state index contributed by atoms with van der Waals surface area (Å²) in [6.45, 7) is 2.41. The van der Waals surface area contributed by atoms with E-state index in [1.54, 1.807) is 31.2 Å². The first-order valence-corrected chi connectivity index (χ1v) is 6.38. The predicted octanol–water partition coefficient (Wildman–Crippen LogP) is 3.23. The Morgan fingerprint density at radius 3 is 2.32 bits per heavy atom. The summed E-state index contributed by atoms with van der Waals surface area (Å²) in [6.07, 6.45) is -0.270. The molecule has 19 heavy (non-hydrogen) atoms. The average molecular weight is 327 g/mol. The molecule has 0 aliphatic carbocycles. The summed E-state index contributed by atoms with van der Waals surface area (Å²) in [6, 6.07) is 8.75. The van der Waals surface area contributed by atoms with E-state index in [1.165, 1.54) is 0 Å². The number of alkyl halides is 2. The van der Waals surface area contributed by atoms with Crippen LogP contribution in [0, 0.1) is 0 Å². The fourth-order valence-electron chi connectivity index (χ4n) is 1.57. The second-order valence-corrected chi connectivity index (χ2v) is 5.75. The van der Waals surface area contributed by atoms with Gasteiger partial charge in [0.05, 0.1) is 0 Å². The minimum Gasteiger partial charge on any atom is -0.459 e. The molecule has 1 unspecified atom stereocenters. The molecule has 0 fully saturated rings. The lowest BCUT2D eigenvalue weighted by molar-refractivity contribution is -0.149. The van der Waals surface area contributed by atoms with Crippen LogP contribution in [0.2, 0.25) is 0 Å². The van der Waals surface area contributed by atoms with Crippen LogP contribution in [0.3, 0.4) is 0 Å². The largest absolute Gasteiger partial charge is 0.459 e. The van der Waals surface area contributed by atoms with Crippen molar-refractivity contribution in [3.8, 4) is 0 Å². The zero-order valence-electron chi connectivity index (χ0n) is 11.1. The zero-order valence-corrected chi connectivity index (χ0v) is 13.4. The molecule has 108 valence electrons. The van der Waals surface area contributed by atoms with Crippen LogP contribution in [0.5, 0.6) is 0 Å². The van der Waals surface area contributed by atoms with E-state index >= 15 is 0 Å². The highest BCUT2D eigenvalue weighted by Crippen LogP contribution is 2.35. The van der Waals surface area contributed by atoms with Gasteiger partial charge in [0.1, 0.15) is 6.10 Å². The van der Waals surface area contributed by atoms with Crippen LogP contribution in [0.25, 0.3) is 0 Å². The van der Waals surface area contributed by atoms with Crippen LogP contribution >= 0.6 is 35.6 Å². The maximum atomic E-state index is 12.0. The van der Waals surface area contributed by atoms with E-state index in [9.17, 15) is 4.79 Å². The van der Waals surface area contributed by atoms with Gasteiger partial charge in [-0.05, 0) is 26.6 Å². The van der Waals surface area contributed by atoms with Gasteiger partial charge < -0.3 is 9.64 Å². The van der Waals surface area contributed by atoms with Gasteiger partial charge in [0.15, 0.2) is 0 Å². The summed E-state index contributed by atoms with van der Waals surface area (Å²) in [5.74, 6) is -0.647. The monoisotopic (exact) mass is 325 g/mol. The number of carbonyl (C=O) groups excluding carboxylic acids is 1. The van der Waals surface area contributed by atoms with Gasteiger partial charge in [-0.2, -0.15) is 0 Å². The topological polar surface area (TPSA) is 29.5 Å². The zero-order chi connectivity index (χ0) is 13.8. The van der Waals surface area contributed by atoms with Gasteiger partial charge in [-0.15, -0.1) is 12.4 Å². The molecular weight excluding hydrogens is 309 g/mol. The standard InChI is InChI=1S/C13H17Cl2NO2.ClH/c1-10(9-16(2)3)18-12(17)13(14,15)11-7-5-4-6-8-11;/h4-8,10H,9H2,1-3H3;1H. The molecule has 0 N–H and O–H groups in total. The minimum absolute atomic E-state index is 0. The first-order valence-electron chi connectivity index (χ1n) is 5.63. The average Bonchev–Trinajstić information content (AvgIpc) is 2.28. The Morgan fingerprint density at radius 2 is 1.84 bits per heavy atom. The number of halogens is 3. The van der Waals surface area contributed by atoms with Crippen LogP contribution in [0.15, 0.2) is 30.3 Å². The summed E-state index contributed by atoms with van der Waals surface area (Å²) in [5, 5.41) is 0. The normalized spacial score (nSPS) is 12.7. The highest BCUT2D eigenvalue weighted by Gasteiger charge is 2.38. The second kappa shape index (κ2) is 7.95. The first kappa shape index (κ1) is 18.5. The quantitative estimate of drug-likeness (QED) is 0.614. The third-order valence-corrected chi connectivity index (χ3v) is 3.07. The molecule has 0 bridgehead atoms. The smallest absolute Gasteiger partial charge is 0.347 e. The molecule has 1 atom stereocenters. The van der Waals surface area contributed by atoms with Gasteiger partial charge in [0.25, 0.3) is 0 Å². The first-order chi connectivity index (χ1) is 8.34. The van der Waals surface area contributed by atoms with E-state index in [1.807, 2.05) is 25.1 Å². The van der Waals surface area contributed by atoms with E-state index in [0.29, 0.717) is 12.1 Å². The minimum atomic E-state index is -1.66. The van der Waals surface area contributed by atoms with Gasteiger partial charge >= 0.3 is 5.97 Å². The molecule has 1 aromatic carbocycles. The van der Waals surface area contributed by atoms with Crippen molar-refractivity contribution in [2.75, 3.05) is 20.6 Å². The lowest BCUT2D eigenvalue weighted by atomic mass is 10.1. The number of carbonyl (C=O) groups is 1. The number of esters is 1. The third-order valence-electron chi connectivity index (χ3n) is 2.32. The molecule has 0 aliphatic heterocycles. The second-order valence-electron chi connectivity index (χ2n) is 4.42. The summed E-state index contributed by atoms with van der Waals surface area (Å²) >= 11 is 12.1. The molecular formula is C13H18Cl3NO2. The Bertz CT molecular complexity index is 396. The Labute approximate surface area is 130 Å². The fourth-order valence-corrected chi connectivity index (χ4v) is 1.91. The third kappa shape index (κ3) is 5.57. The maximum Gasteiger partial charge on any atom is 0.347 e. The number of benzene rings is 1. The van der Waals surface area contributed by atoms with E-state index in [0.717, 1.165) is 0 Å². The highest BCUT2D eigenvalue weighted by molar-refractivity contribution is 6.56. The fraction of sp³-hybridized carbons (Fsp3) is 0.462.